The van der Waals surface area contributed by atoms with Gasteiger partial charge in [-0.15, -0.1) is 0 Å². The van der Waals surface area contributed by atoms with Crippen molar-refractivity contribution in [1.82, 2.24) is 10.2 Å². The Kier molecular flexibility index (Phi) is 2.71. The van der Waals surface area contributed by atoms with Crippen LogP contribution in [-0.2, 0) is 4.79 Å². The highest BCUT2D eigenvalue weighted by Crippen LogP contribution is 2.18. The fraction of sp³-hybridized carbons (Fsp3) is 0.889. The number of hydrogen-bond donors (Lipinski definition) is 3. The first-order valence-electron chi connectivity index (χ1n) is 5.04. The first kappa shape index (κ1) is 9.89. The molecule has 2 atom stereocenters. The van der Waals surface area contributed by atoms with Gasteiger partial charge in [0, 0.05) is 19.1 Å². The minimum Gasteiger partial charge on any atom is -0.388 e. The standard InChI is InChI=1S/C9H16N2O3/c12-7-4-11(5-8(7)13)9(14)3-10-6-1-2-6/h6-8,10,12-13H,1-5H2. The van der Waals surface area contributed by atoms with Crippen LogP contribution < -0.4 is 5.32 Å². The van der Waals surface area contributed by atoms with Gasteiger partial charge in [-0.1, -0.05) is 0 Å². The van der Waals surface area contributed by atoms with Crippen LogP contribution in [0.1, 0.15) is 12.8 Å². The number of nitrogens with one attached hydrogen (secondary N) is 1. The molecule has 14 heavy (non-hydrogen) atoms. The zero-order chi connectivity index (χ0) is 10.1. The molecule has 0 radical (unpaired) electrons. The molecule has 1 aliphatic carbocycles. The zero-order valence-electron chi connectivity index (χ0n) is 8.02. The molecule has 0 aromatic heterocycles. The number of likely N-dealkylation sites (tertiary alicyclic amines) is 1. The Bertz CT molecular complexity index is 220. The van der Waals surface area contributed by atoms with Crippen LogP contribution in [0.15, 0.2) is 0 Å². The van der Waals surface area contributed by atoms with Gasteiger partial charge in [0.1, 0.15) is 0 Å². The molecule has 5 heteroatoms. The predicted molar refractivity (Wildman–Crippen MR) is 49.6 cm³/mol. The maximum Gasteiger partial charge on any atom is 0.236 e. The summed E-state index contributed by atoms with van der Waals surface area (Å²) in [4.78, 5) is 13.0. The van der Waals surface area contributed by atoms with E-state index in [9.17, 15) is 15.0 Å². The molecule has 2 aliphatic rings. The molecule has 1 heterocycles. The third kappa shape index (κ3) is 2.23. The maximum atomic E-state index is 11.5. The van der Waals surface area contributed by atoms with Crippen LogP contribution in [-0.4, -0.2) is 58.9 Å². The number of aliphatic hydroxyl groups is 2. The van der Waals surface area contributed by atoms with Crippen LogP contribution in [0.4, 0.5) is 0 Å². The Balaban J connectivity index is 1.74. The molecule has 5 nitrogen and oxygen atoms in total. The summed E-state index contributed by atoms with van der Waals surface area (Å²) in [6, 6.07) is 0.511. The van der Waals surface area contributed by atoms with Crippen LogP contribution >= 0.6 is 0 Å². The second kappa shape index (κ2) is 3.84. The summed E-state index contributed by atoms with van der Waals surface area (Å²) in [5.74, 6) is -0.0347. The van der Waals surface area contributed by atoms with E-state index in [-0.39, 0.29) is 19.0 Å². The molecular weight excluding hydrogens is 184 g/mol. The van der Waals surface area contributed by atoms with E-state index in [0.29, 0.717) is 12.6 Å². The maximum absolute atomic E-state index is 11.5. The Labute approximate surface area is 82.7 Å². The van der Waals surface area contributed by atoms with E-state index in [4.69, 9.17) is 0 Å². The second-order valence-corrected chi connectivity index (χ2v) is 4.09. The van der Waals surface area contributed by atoms with Crippen LogP contribution in [0, 0.1) is 0 Å². The number of hydrogen-bond acceptors (Lipinski definition) is 4. The van der Waals surface area contributed by atoms with Gasteiger partial charge in [0.25, 0.3) is 0 Å². The average Bonchev–Trinajstić information content (AvgIpc) is 2.91. The lowest BCUT2D eigenvalue weighted by Crippen LogP contribution is -2.38. The van der Waals surface area contributed by atoms with E-state index in [1.165, 1.54) is 4.90 Å². The van der Waals surface area contributed by atoms with Crippen LogP contribution in [0.2, 0.25) is 0 Å². The van der Waals surface area contributed by atoms with Crippen molar-refractivity contribution >= 4 is 5.91 Å². The first-order valence-corrected chi connectivity index (χ1v) is 5.04. The van der Waals surface area contributed by atoms with Gasteiger partial charge in [-0.3, -0.25) is 4.79 Å². The van der Waals surface area contributed by atoms with E-state index < -0.39 is 12.2 Å². The SMILES string of the molecule is O=C(CNC1CC1)N1CC(O)C(O)C1. The molecule has 2 fully saturated rings. The number of amides is 1. The third-order valence-electron chi connectivity index (χ3n) is 2.73. The highest BCUT2D eigenvalue weighted by Gasteiger charge is 2.32. The van der Waals surface area contributed by atoms with Crippen molar-refractivity contribution in [3.8, 4) is 0 Å². The molecule has 1 aliphatic heterocycles. The molecule has 0 aromatic rings. The summed E-state index contributed by atoms with van der Waals surface area (Å²) >= 11 is 0. The fourth-order valence-electron chi connectivity index (χ4n) is 1.60. The first-order chi connectivity index (χ1) is 6.66. The molecule has 0 aromatic carbocycles. The van der Waals surface area contributed by atoms with E-state index in [0.717, 1.165) is 12.8 Å². The van der Waals surface area contributed by atoms with Crippen molar-refractivity contribution in [2.24, 2.45) is 0 Å². The molecule has 2 rings (SSSR count). The van der Waals surface area contributed by atoms with Gasteiger partial charge in [0.15, 0.2) is 0 Å². The number of nitrogens with zero attached hydrogens (tertiary/aromatic N) is 1. The summed E-state index contributed by atoms with van der Waals surface area (Å²) in [6.45, 7) is 0.836. The number of carbonyl (C=O) groups is 1. The van der Waals surface area contributed by atoms with Gasteiger partial charge in [0.2, 0.25) is 5.91 Å². The number of β-amino-alcohol motifs (C(OH)–C–C–N with tert-alkyl or cyclic N) is 2. The molecular formula is C9H16N2O3. The smallest absolute Gasteiger partial charge is 0.236 e. The van der Waals surface area contributed by atoms with E-state index >= 15 is 0 Å². The van der Waals surface area contributed by atoms with E-state index in [1.54, 1.807) is 0 Å². The number of rotatable bonds is 3. The van der Waals surface area contributed by atoms with Gasteiger partial charge in [-0.05, 0) is 12.8 Å². The molecule has 1 saturated carbocycles. The lowest BCUT2D eigenvalue weighted by molar-refractivity contribution is -0.129. The molecule has 80 valence electrons. The van der Waals surface area contributed by atoms with Crippen molar-refractivity contribution in [2.75, 3.05) is 19.6 Å². The highest BCUT2D eigenvalue weighted by molar-refractivity contribution is 5.78. The van der Waals surface area contributed by atoms with Crippen molar-refractivity contribution in [3.63, 3.8) is 0 Å². The second-order valence-electron chi connectivity index (χ2n) is 4.09. The monoisotopic (exact) mass is 200 g/mol. The predicted octanol–water partition coefficient (Wildman–Crippen LogP) is -1.70. The minimum atomic E-state index is -0.778. The van der Waals surface area contributed by atoms with Gasteiger partial charge >= 0.3 is 0 Å². The molecule has 1 saturated heterocycles. The van der Waals surface area contributed by atoms with Crippen molar-refractivity contribution in [1.29, 1.82) is 0 Å². The summed E-state index contributed by atoms with van der Waals surface area (Å²) in [5, 5.41) is 21.6. The highest BCUT2D eigenvalue weighted by atomic mass is 16.3. The van der Waals surface area contributed by atoms with Gasteiger partial charge in [0.05, 0.1) is 18.8 Å². The molecule has 1 amide bonds. The van der Waals surface area contributed by atoms with Crippen molar-refractivity contribution in [2.45, 2.75) is 31.1 Å². The lowest BCUT2D eigenvalue weighted by Gasteiger charge is -2.15. The van der Waals surface area contributed by atoms with Gasteiger partial charge in [-0.2, -0.15) is 0 Å². The summed E-state index contributed by atoms with van der Waals surface area (Å²) in [6.07, 6.45) is 0.747. The summed E-state index contributed by atoms with van der Waals surface area (Å²) in [5.41, 5.74) is 0. The molecule has 3 N–H and O–H groups in total. The molecule has 0 bridgehead atoms. The average molecular weight is 200 g/mol. The Morgan fingerprint density at radius 1 is 1.29 bits per heavy atom. The number of carbonyl (C=O) groups excluding carboxylic acids is 1. The molecule has 0 spiro atoms. The van der Waals surface area contributed by atoms with Crippen LogP contribution in [0.25, 0.3) is 0 Å². The summed E-state index contributed by atoms with van der Waals surface area (Å²) in [7, 11) is 0. The Morgan fingerprint density at radius 3 is 2.36 bits per heavy atom. The van der Waals surface area contributed by atoms with Crippen LogP contribution in [0.3, 0.4) is 0 Å². The third-order valence-corrected chi connectivity index (χ3v) is 2.73. The number of aliphatic hydroxyl groups excluding tert-OH is 2. The molecule has 2 unspecified atom stereocenters. The Hall–Kier alpha value is -0.650. The van der Waals surface area contributed by atoms with E-state index in [2.05, 4.69) is 5.32 Å². The normalized spacial score (nSPS) is 32.3. The van der Waals surface area contributed by atoms with Crippen molar-refractivity contribution in [3.05, 3.63) is 0 Å². The van der Waals surface area contributed by atoms with Crippen LogP contribution in [0.5, 0.6) is 0 Å². The largest absolute Gasteiger partial charge is 0.388 e. The minimum absolute atomic E-state index is 0.0347. The zero-order valence-corrected chi connectivity index (χ0v) is 8.02. The lowest BCUT2D eigenvalue weighted by atomic mass is 10.3. The van der Waals surface area contributed by atoms with E-state index in [1.807, 2.05) is 0 Å². The summed E-state index contributed by atoms with van der Waals surface area (Å²) < 4.78 is 0. The fourth-order valence-corrected chi connectivity index (χ4v) is 1.60. The quantitative estimate of drug-likeness (QED) is 0.508. The van der Waals surface area contributed by atoms with Crippen molar-refractivity contribution < 1.29 is 15.0 Å². The van der Waals surface area contributed by atoms with Gasteiger partial charge < -0.3 is 20.4 Å². The Morgan fingerprint density at radius 2 is 1.86 bits per heavy atom. The van der Waals surface area contributed by atoms with Gasteiger partial charge in [-0.25, -0.2) is 0 Å². The topological polar surface area (TPSA) is 72.8 Å².